The molecule has 3 heteroatoms. The van der Waals surface area contributed by atoms with Crippen LogP contribution in [0.5, 0.6) is 0 Å². The fourth-order valence-corrected chi connectivity index (χ4v) is 2.71. The zero-order chi connectivity index (χ0) is 11.5. The van der Waals surface area contributed by atoms with Gasteiger partial charge >= 0.3 is 0 Å². The highest BCUT2D eigenvalue weighted by molar-refractivity contribution is 5.78. The van der Waals surface area contributed by atoms with Crippen LogP contribution < -0.4 is 0 Å². The largest absolute Gasteiger partial charge is 0.376 e. The van der Waals surface area contributed by atoms with Crippen LogP contribution in [0.3, 0.4) is 0 Å². The van der Waals surface area contributed by atoms with Gasteiger partial charge in [-0.25, -0.2) is 0 Å². The monoisotopic (exact) mass is 222 g/mol. The summed E-state index contributed by atoms with van der Waals surface area (Å²) in [7, 11) is 0. The molecular weight excluding hydrogens is 200 g/mol. The van der Waals surface area contributed by atoms with Crippen LogP contribution in [0, 0.1) is 5.92 Å². The number of hydrogen-bond acceptors (Lipinski definition) is 2. The van der Waals surface area contributed by atoms with E-state index in [1.807, 2.05) is 0 Å². The second kappa shape index (κ2) is 4.89. The molecule has 0 N–H and O–H groups in total. The Morgan fingerprint density at radius 3 is 2.56 bits per heavy atom. The fraction of sp³-hybridized carbons (Fsp3) is 0.769. The molecule has 1 amide bonds. The summed E-state index contributed by atoms with van der Waals surface area (Å²) in [6.07, 6.45) is 4.24. The summed E-state index contributed by atoms with van der Waals surface area (Å²) in [5, 5.41) is 0. The zero-order valence-corrected chi connectivity index (χ0v) is 10.2. The van der Waals surface area contributed by atoms with Crippen molar-refractivity contribution in [2.75, 3.05) is 26.2 Å². The van der Waals surface area contributed by atoms with Gasteiger partial charge in [0.15, 0.2) is 0 Å². The molecule has 0 saturated carbocycles. The molecule has 2 heterocycles. The molecule has 0 bridgehead atoms. The number of amides is 1. The molecule has 2 aliphatic heterocycles. The smallest absolute Gasteiger partial charge is 0.222 e. The van der Waals surface area contributed by atoms with E-state index in [0.717, 1.165) is 39.0 Å². The minimum atomic E-state index is 0.363. The van der Waals surface area contributed by atoms with E-state index < -0.39 is 0 Å². The van der Waals surface area contributed by atoms with Crippen LogP contribution in [-0.4, -0.2) is 41.9 Å². The molecule has 0 atom stereocenters. The number of nitrogens with zero attached hydrogens (tertiary/aromatic N) is 2. The Balaban J connectivity index is 1.77. The summed E-state index contributed by atoms with van der Waals surface area (Å²) in [5.74, 6) is 1.07. The lowest BCUT2D eigenvalue weighted by molar-refractivity contribution is -0.128. The number of allylic oxidation sites excluding steroid dienone is 1. The first-order chi connectivity index (χ1) is 7.66. The van der Waals surface area contributed by atoms with Gasteiger partial charge in [-0.1, -0.05) is 6.58 Å². The molecule has 2 rings (SSSR count). The van der Waals surface area contributed by atoms with E-state index in [4.69, 9.17) is 0 Å². The number of hydrogen-bond donors (Lipinski definition) is 0. The SMILES string of the molecule is C=C(C)N1CCC(CN2CCCC2=O)CC1. The highest BCUT2D eigenvalue weighted by Crippen LogP contribution is 2.22. The van der Waals surface area contributed by atoms with Crippen molar-refractivity contribution in [1.29, 1.82) is 0 Å². The predicted molar refractivity (Wildman–Crippen MR) is 64.9 cm³/mol. The van der Waals surface area contributed by atoms with Gasteiger partial charge in [0.2, 0.25) is 5.91 Å². The van der Waals surface area contributed by atoms with Gasteiger partial charge in [-0.15, -0.1) is 0 Å². The van der Waals surface area contributed by atoms with Crippen molar-refractivity contribution in [1.82, 2.24) is 9.80 Å². The Kier molecular flexibility index (Phi) is 3.52. The van der Waals surface area contributed by atoms with E-state index in [0.29, 0.717) is 11.8 Å². The molecule has 0 radical (unpaired) electrons. The maximum absolute atomic E-state index is 11.5. The van der Waals surface area contributed by atoms with Crippen molar-refractivity contribution >= 4 is 5.91 Å². The average Bonchev–Trinajstić information content (AvgIpc) is 2.65. The molecule has 90 valence electrons. The van der Waals surface area contributed by atoms with Crippen LogP contribution in [0.1, 0.15) is 32.6 Å². The third-order valence-electron chi connectivity index (χ3n) is 3.80. The van der Waals surface area contributed by atoms with Gasteiger partial charge in [-0.2, -0.15) is 0 Å². The molecule has 2 saturated heterocycles. The molecule has 0 unspecified atom stereocenters. The van der Waals surface area contributed by atoms with Crippen LogP contribution in [-0.2, 0) is 4.79 Å². The fourth-order valence-electron chi connectivity index (χ4n) is 2.71. The minimum Gasteiger partial charge on any atom is -0.376 e. The Labute approximate surface area is 98.1 Å². The molecule has 0 aromatic rings. The van der Waals surface area contributed by atoms with Gasteiger partial charge < -0.3 is 9.80 Å². The second-order valence-corrected chi connectivity index (χ2v) is 5.11. The van der Waals surface area contributed by atoms with Crippen molar-refractivity contribution in [2.45, 2.75) is 32.6 Å². The van der Waals surface area contributed by atoms with E-state index >= 15 is 0 Å². The maximum atomic E-state index is 11.5. The summed E-state index contributed by atoms with van der Waals surface area (Å²) >= 11 is 0. The molecule has 3 nitrogen and oxygen atoms in total. The van der Waals surface area contributed by atoms with Gasteiger partial charge in [-0.3, -0.25) is 4.79 Å². The van der Waals surface area contributed by atoms with Crippen LogP contribution in [0.4, 0.5) is 0 Å². The van der Waals surface area contributed by atoms with Crippen molar-refractivity contribution in [3.05, 3.63) is 12.3 Å². The van der Waals surface area contributed by atoms with E-state index in [-0.39, 0.29) is 0 Å². The molecule has 0 aromatic heterocycles. The molecule has 16 heavy (non-hydrogen) atoms. The van der Waals surface area contributed by atoms with Crippen LogP contribution in [0.25, 0.3) is 0 Å². The van der Waals surface area contributed by atoms with E-state index in [9.17, 15) is 4.79 Å². The van der Waals surface area contributed by atoms with E-state index in [1.54, 1.807) is 0 Å². The normalized spacial score (nSPS) is 22.9. The number of carbonyl (C=O) groups is 1. The van der Waals surface area contributed by atoms with Crippen molar-refractivity contribution in [3.8, 4) is 0 Å². The van der Waals surface area contributed by atoms with Crippen molar-refractivity contribution in [2.24, 2.45) is 5.92 Å². The summed E-state index contributed by atoms with van der Waals surface area (Å²) in [5.41, 5.74) is 1.18. The number of piperidine rings is 1. The summed E-state index contributed by atoms with van der Waals surface area (Å²) < 4.78 is 0. The molecule has 0 spiro atoms. The second-order valence-electron chi connectivity index (χ2n) is 5.11. The molecule has 0 aromatic carbocycles. The van der Waals surface area contributed by atoms with E-state index in [2.05, 4.69) is 23.3 Å². The Bertz CT molecular complexity index is 280. The topological polar surface area (TPSA) is 23.6 Å². The Hall–Kier alpha value is -0.990. The van der Waals surface area contributed by atoms with Gasteiger partial charge in [0, 0.05) is 38.3 Å². The summed E-state index contributed by atoms with van der Waals surface area (Å²) in [6, 6.07) is 0. The Morgan fingerprint density at radius 2 is 2.06 bits per heavy atom. The van der Waals surface area contributed by atoms with Crippen LogP contribution in [0.15, 0.2) is 12.3 Å². The highest BCUT2D eigenvalue weighted by Gasteiger charge is 2.25. The molecule has 2 aliphatic rings. The quantitative estimate of drug-likeness (QED) is 0.727. The predicted octanol–water partition coefficient (Wildman–Crippen LogP) is 1.85. The number of likely N-dealkylation sites (tertiary alicyclic amines) is 2. The number of rotatable bonds is 3. The lowest BCUT2D eigenvalue weighted by atomic mass is 9.96. The third kappa shape index (κ3) is 2.57. The van der Waals surface area contributed by atoms with Crippen molar-refractivity contribution < 1.29 is 4.79 Å². The zero-order valence-electron chi connectivity index (χ0n) is 10.2. The van der Waals surface area contributed by atoms with Crippen LogP contribution >= 0.6 is 0 Å². The highest BCUT2D eigenvalue weighted by atomic mass is 16.2. The van der Waals surface area contributed by atoms with Gasteiger partial charge in [0.1, 0.15) is 0 Å². The maximum Gasteiger partial charge on any atom is 0.222 e. The first-order valence-corrected chi connectivity index (χ1v) is 6.35. The molecule has 2 fully saturated rings. The minimum absolute atomic E-state index is 0.363. The summed E-state index contributed by atoms with van der Waals surface area (Å²) in [6.45, 7) is 10.3. The lowest BCUT2D eigenvalue weighted by Crippen LogP contribution is -2.38. The molecular formula is C13H22N2O. The van der Waals surface area contributed by atoms with Gasteiger partial charge in [-0.05, 0) is 32.1 Å². The number of carbonyl (C=O) groups excluding carboxylic acids is 1. The molecule has 0 aliphatic carbocycles. The van der Waals surface area contributed by atoms with Gasteiger partial charge in [0.25, 0.3) is 0 Å². The average molecular weight is 222 g/mol. The van der Waals surface area contributed by atoms with Crippen molar-refractivity contribution in [3.63, 3.8) is 0 Å². The first-order valence-electron chi connectivity index (χ1n) is 6.35. The lowest BCUT2D eigenvalue weighted by Gasteiger charge is -2.35. The first kappa shape index (κ1) is 11.5. The third-order valence-corrected chi connectivity index (χ3v) is 3.80. The van der Waals surface area contributed by atoms with Crippen LogP contribution in [0.2, 0.25) is 0 Å². The summed E-state index contributed by atoms with van der Waals surface area (Å²) in [4.78, 5) is 15.9. The Morgan fingerprint density at radius 1 is 1.38 bits per heavy atom. The van der Waals surface area contributed by atoms with E-state index in [1.165, 1.54) is 18.5 Å². The standard InChI is InChI=1S/C13H22N2O/c1-11(2)14-8-5-12(6-9-14)10-15-7-3-4-13(15)16/h12H,1,3-10H2,2H3. The van der Waals surface area contributed by atoms with Gasteiger partial charge in [0.05, 0.1) is 0 Å².